The summed E-state index contributed by atoms with van der Waals surface area (Å²) in [6.45, 7) is 0. The van der Waals surface area contributed by atoms with Crippen molar-refractivity contribution in [2.45, 2.75) is 0 Å². The molecule has 0 spiro atoms. The van der Waals surface area contributed by atoms with E-state index in [1.165, 1.54) is 37.6 Å². The highest BCUT2D eigenvalue weighted by Crippen LogP contribution is 2.44. The highest BCUT2D eigenvalue weighted by Gasteiger charge is 2.21. The molecule has 254 valence electrons. The summed E-state index contributed by atoms with van der Waals surface area (Å²) >= 11 is 5.71. The highest BCUT2D eigenvalue weighted by atomic mass is 79.9. The van der Waals surface area contributed by atoms with Gasteiger partial charge in [-0.3, -0.25) is 4.57 Å². The predicted octanol–water partition coefficient (Wildman–Crippen LogP) is 13.0. The molecule has 0 bridgehead atoms. The number of hydrogen-bond donors (Lipinski definition) is 0. The summed E-state index contributed by atoms with van der Waals surface area (Å²) in [7, 11) is 0. The molecule has 0 fully saturated rings. The summed E-state index contributed by atoms with van der Waals surface area (Å²) in [6.07, 6.45) is 0. The van der Waals surface area contributed by atoms with Crippen LogP contribution in [0.4, 0.5) is 0 Å². The minimum atomic E-state index is 0.586. The molecule has 4 aromatic heterocycles. The smallest absolute Gasteiger partial charge is 0.238 e. The molecule has 0 saturated carbocycles. The van der Waals surface area contributed by atoms with Crippen molar-refractivity contribution in [2.24, 2.45) is 0 Å². The van der Waals surface area contributed by atoms with Gasteiger partial charge < -0.3 is 4.57 Å². The van der Waals surface area contributed by atoms with Crippen LogP contribution >= 0.6 is 27.3 Å². The zero-order chi connectivity index (χ0) is 35.8. The van der Waals surface area contributed by atoms with Crippen LogP contribution < -0.4 is 0 Å². The standard InChI is InChI=1S/C47H28BrN5S/c48-44-43(35-19-9-12-22-42(35)54-44)52-38-20-10-7-17-33(38)36-27-31(23-25-40(36)52)32-24-26-41-37(28-32)34-18-8-11-21-39(34)53(41)47-50-45(29-13-3-1-4-14-29)49-46(51-47)30-15-5-2-6-16-30/h1-28H. The largest absolute Gasteiger partial charge is 0.307 e. The van der Waals surface area contributed by atoms with Gasteiger partial charge in [-0.2, -0.15) is 9.97 Å². The van der Waals surface area contributed by atoms with Crippen molar-refractivity contribution in [3.63, 3.8) is 0 Å². The Kier molecular flexibility index (Phi) is 7.12. The number of para-hydroxylation sites is 2. The van der Waals surface area contributed by atoms with Gasteiger partial charge in [0.25, 0.3) is 0 Å². The Hall–Kier alpha value is -6.41. The van der Waals surface area contributed by atoms with Gasteiger partial charge in [0.15, 0.2) is 11.6 Å². The molecule has 0 N–H and O–H groups in total. The molecule has 4 heterocycles. The molecule has 0 aliphatic rings. The minimum Gasteiger partial charge on any atom is -0.307 e. The monoisotopic (exact) mass is 773 g/mol. The third-order valence-electron chi connectivity index (χ3n) is 10.3. The second-order valence-corrected chi connectivity index (χ2v) is 15.8. The van der Waals surface area contributed by atoms with E-state index >= 15 is 0 Å². The number of hydrogen-bond acceptors (Lipinski definition) is 4. The van der Waals surface area contributed by atoms with E-state index in [2.05, 4.69) is 134 Å². The average Bonchev–Trinajstić information content (AvgIpc) is 3.86. The molecule has 7 aromatic carbocycles. The van der Waals surface area contributed by atoms with E-state index in [0.717, 1.165) is 47.8 Å². The van der Waals surface area contributed by atoms with Gasteiger partial charge in [-0.25, -0.2) is 4.98 Å². The van der Waals surface area contributed by atoms with Crippen molar-refractivity contribution < 1.29 is 0 Å². The Bertz CT molecular complexity index is 3180. The first-order valence-corrected chi connectivity index (χ1v) is 19.4. The van der Waals surface area contributed by atoms with Gasteiger partial charge in [-0.1, -0.05) is 127 Å². The van der Waals surface area contributed by atoms with E-state index in [1.54, 1.807) is 11.3 Å². The fraction of sp³-hybridized carbons (Fsp3) is 0. The number of thiophene rings is 1. The second kappa shape index (κ2) is 12.3. The van der Waals surface area contributed by atoms with Crippen LogP contribution in [0, 0.1) is 0 Å². The Morgan fingerprint density at radius 3 is 1.44 bits per heavy atom. The molecule has 0 atom stereocenters. The van der Waals surface area contributed by atoms with E-state index < -0.39 is 0 Å². The number of fused-ring (bicyclic) bond motifs is 7. The SMILES string of the molecule is Brc1sc2ccccc2c1-n1c2ccccc2c2cc(-c3ccc4c(c3)c3ccccc3n4-c3nc(-c4ccccc4)nc(-c4ccccc4)n3)ccc21. The Balaban J connectivity index is 1.11. The van der Waals surface area contributed by atoms with Crippen molar-refractivity contribution in [2.75, 3.05) is 0 Å². The lowest BCUT2D eigenvalue weighted by Gasteiger charge is -2.11. The molecule has 0 unspecified atom stereocenters. The van der Waals surface area contributed by atoms with Crippen LogP contribution in [0.3, 0.4) is 0 Å². The fourth-order valence-corrected chi connectivity index (χ4v) is 9.70. The first-order chi connectivity index (χ1) is 26.7. The molecule has 54 heavy (non-hydrogen) atoms. The third kappa shape index (κ3) is 4.86. The molecule has 0 aliphatic heterocycles. The quantitative estimate of drug-likeness (QED) is 0.175. The summed E-state index contributed by atoms with van der Waals surface area (Å²) < 4.78 is 6.98. The topological polar surface area (TPSA) is 48.5 Å². The van der Waals surface area contributed by atoms with E-state index in [0.29, 0.717) is 17.6 Å². The van der Waals surface area contributed by atoms with Crippen molar-refractivity contribution in [1.82, 2.24) is 24.1 Å². The number of benzene rings is 7. The van der Waals surface area contributed by atoms with E-state index in [4.69, 9.17) is 15.0 Å². The predicted molar refractivity (Wildman–Crippen MR) is 228 cm³/mol. The van der Waals surface area contributed by atoms with Gasteiger partial charge in [0.05, 0.1) is 31.5 Å². The maximum absolute atomic E-state index is 5.10. The van der Waals surface area contributed by atoms with Gasteiger partial charge in [0.2, 0.25) is 5.95 Å². The van der Waals surface area contributed by atoms with Crippen LogP contribution in [0.5, 0.6) is 0 Å². The highest BCUT2D eigenvalue weighted by molar-refractivity contribution is 9.11. The van der Waals surface area contributed by atoms with Crippen LogP contribution in [-0.4, -0.2) is 24.1 Å². The van der Waals surface area contributed by atoms with Gasteiger partial charge in [0, 0.05) is 42.8 Å². The first-order valence-electron chi connectivity index (χ1n) is 17.8. The zero-order valence-corrected chi connectivity index (χ0v) is 31.1. The number of halogens is 1. The summed E-state index contributed by atoms with van der Waals surface area (Å²) in [5.41, 5.74) is 9.84. The van der Waals surface area contributed by atoms with Crippen molar-refractivity contribution in [1.29, 1.82) is 0 Å². The van der Waals surface area contributed by atoms with Crippen LogP contribution in [0.1, 0.15) is 0 Å². The van der Waals surface area contributed by atoms with E-state index in [-0.39, 0.29) is 0 Å². The van der Waals surface area contributed by atoms with Crippen molar-refractivity contribution >= 4 is 81.0 Å². The molecule has 0 saturated heterocycles. The van der Waals surface area contributed by atoms with Crippen LogP contribution in [-0.2, 0) is 0 Å². The molecular formula is C47H28BrN5S. The summed E-state index contributed by atoms with van der Waals surface area (Å²) in [4.78, 5) is 15.1. The lowest BCUT2D eigenvalue weighted by molar-refractivity contribution is 0.953. The lowest BCUT2D eigenvalue weighted by Crippen LogP contribution is -2.06. The minimum absolute atomic E-state index is 0.586. The van der Waals surface area contributed by atoms with Gasteiger partial charge >= 0.3 is 0 Å². The number of rotatable bonds is 5. The maximum atomic E-state index is 5.10. The molecule has 5 nitrogen and oxygen atoms in total. The van der Waals surface area contributed by atoms with E-state index in [1.807, 2.05) is 60.7 Å². The Morgan fingerprint density at radius 2 is 0.852 bits per heavy atom. The molecule has 0 amide bonds. The van der Waals surface area contributed by atoms with Gasteiger partial charge in [0.1, 0.15) is 0 Å². The Labute approximate surface area is 322 Å². The molecule has 0 aliphatic carbocycles. The average molecular weight is 775 g/mol. The van der Waals surface area contributed by atoms with Crippen molar-refractivity contribution in [3.8, 4) is 45.5 Å². The Morgan fingerprint density at radius 1 is 0.389 bits per heavy atom. The maximum Gasteiger partial charge on any atom is 0.238 e. The molecule has 11 aromatic rings. The number of aromatic nitrogens is 5. The third-order valence-corrected chi connectivity index (χ3v) is 12.1. The summed E-state index contributed by atoms with van der Waals surface area (Å²) in [5.74, 6) is 1.86. The molecule has 0 radical (unpaired) electrons. The van der Waals surface area contributed by atoms with Crippen molar-refractivity contribution in [3.05, 3.63) is 174 Å². The number of nitrogens with zero attached hydrogens (tertiary/aromatic N) is 5. The fourth-order valence-electron chi connectivity index (χ4n) is 7.87. The van der Waals surface area contributed by atoms with Crippen LogP contribution in [0.15, 0.2) is 174 Å². The van der Waals surface area contributed by atoms with Gasteiger partial charge in [-0.05, 0) is 69.5 Å². The van der Waals surface area contributed by atoms with E-state index in [9.17, 15) is 0 Å². The van der Waals surface area contributed by atoms with Crippen LogP contribution in [0.2, 0.25) is 0 Å². The zero-order valence-electron chi connectivity index (χ0n) is 28.7. The van der Waals surface area contributed by atoms with Gasteiger partial charge in [-0.15, -0.1) is 11.3 Å². The first kappa shape index (κ1) is 31.1. The molecular weight excluding hydrogens is 747 g/mol. The molecule has 11 rings (SSSR count). The summed E-state index contributed by atoms with van der Waals surface area (Å²) in [6, 6.07) is 59.7. The molecule has 7 heteroatoms. The summed E-state index contributed by atoms with van der Waals surface area (Å²) in [5, 5.41) is 5.98. The lowest BCUT2D eigenvalue weighted by atomic mass is 10.0. The second-order valence-electron chi connectivity index (χ2n) is 13.4. The normalized spacial score (nSPS) is 11.8. The van der Waals surface area contributed by atoms with Crippen LogP contribution in [0.25, 0.3) is 99.2 Å².